The van der Waals surface area contributed by atoms with Crippen LogP contribution in [0.1, 0.15) is 32.3 Å². The Labute approximate surface area is 232 Å². The third-order valence-corrected chi connectivity index (χ3v) is 8.56. The molecule has 13 heteroatoms. The van der Waals surface area contributed by atoms with Crippen LogP contribution in [0.2, 0.25) is 0 Å². The predicted molar refractivity (Wildman–Crippen MR) is 142 cm³/mol. The number of carbonyl (C=O) groups is 2. The molecule has 2 aromatic carbocycles. The van der Waals surface area contributed by atoms with Gasteiger partial charge in [0.2, 0.25) is 21.8 Å². The topological polar surface area (TPSA) is 116 Å². The lowest BCUT2D eigenvalue weighted by molar-refractivity contribution is -0.142. The van der Waals surface area contributed by atoms with Gasteiger partial charge in [0.1, 0.15) is 11.9 Å². The van der Waals surface area contributed by atoms with Gasteiger partial charge in [-0.2, -0.15) is 17.5 Å². The molecule has 0 aromatic heterocycles. The molecule has 0 unspecified atom stereocenters. The fourth-order valence-electron chi connectivity index (χ4n) is 4.33. The van der Waals surface area contributed by atoms with Gasteiger partial charge in [-0.3, -0.25) is 9.59 Å². The van der Waals surface area contributed by atoms with Crippen LogP contribution in [0.25, 0.3) is 0 Å². The monoisotopic (exact) mass is 585 g/mol. The quantitative estimate of drug-likeness (QED) is 0.466. The lowest BCUT2D eigenvalue weighted by Gasteiger charge is -2.33. The van der Waals surface area contributed by atoms with Crippen LogP contribution in [-0.2, 0) is 26.0 Å². The third kappa shape index (κ3) is 8.18. The Morgan fingerprint density at radius 2 is 1.90 bits per heavy atom. The average Bonchev–Trinajstić information content (AvgIpc) is 2.94. The number of nitrogens with zero attached hydrogens (tertiary/aromatic N) is 2. The van der Waals surface area contributed by atoms with Crippen LogP contribution in [0.15, 0.2) is 53.4 Å². The third-order valence-electron chi connectivity index (χ3n) is 6.72. The number of fused-ring (bicyclic) bond motifs is 1. The summed E-state index contributed by atoms with van der Waals surface area (Å²) in [6.07, 6.45) is -7.36. The number of sulfonamides is 1. The molecule has 0 spiro atoms. The summed E-state index contributed by atoms with van der Waals surface area (Å²) in [5.41, 5.74) is 0.554. The second-order valence-electron chi connectivity index (χ2n) is 9.97. The molecule has 1 aliphatic heterocycles. The zero-order valence-electron chi connectivity index (χ0n) is 22.5. The normalized spacial score (nSPS) is 19.2. The number of alkyl halides is 3. The van der Waals surface area contributed by atoms with E-state index in [0.29, 0.717) is 5.56 Å². The van der Waals surface area contributed by atoms with Crippen molar-refractivity contribution in [2.24, 2.45) is 5.92 Å². The first-order chi connectivity index (χ1) is 18.7. The van der Waals surface area contributed by atoms with Gasteiger partial charge in [-0.1, -0.05) is 25.1 Å². The van der Waals surface area contributed by atoms with Crippen LogP contribution in [0.5, 0.6) is 5.75 Å². The van der Waals surface area contributed by atoms with Gasteiger partial charge in [0.05, 0.1) is 36.9 Å². The number of hydrogen-bond donors (Lipinski definition) is 2. The molecule has 1 heterocycles. The van der Waals surface area contributed by atoms with Gasteiger partial charge in [-0.15, -0.1) is 0 Å². The van der Waals surface area contributed by atoms with Gasteiger partial charge < -0.3 is 20.1 Å². The molecule has 0 fully saturated rings. The van der Waals surface area contributed by atoms with E-state index in [-0.39, 0.29) is 54.3 Å². The summed E-state index contributed by atoms with van der Waals surface area (Å²) >= 11 is 0. The molecular formula is C27H34F3N3O6S. The number of halogens is 3. The number of nitrogens with one attached hydrogen (secondary N) is 1. The standard InChI is InChI=1S/C27H34F3N3O6S/c1-18-15-33(19(2)17-34)26(36)14-20-13-21(31-25(35)11-12-27(28,29)30)9-10-23(20)39-24(18)16-32(3)40(37,38)22-7-5-4-6-8-22/h4-10,13,18-19,24,34H,11-12,14-17H2,1-3H3,(H,31,35)/t18-,19+,24+/m0/s1. The summed E-state index contributed by atoms with van der Waals surface area (Å²) in [6, 6.07) is 11.8. The van der Waals surface area contributed by atoms with Gasteiger partial charge in [0.25, 0.3) is 0 Å². The van der Waals surface area contributed by atoms with Crippen molar-refractivity contribution in [1.82, 2.24) is 9.21 Å². The second kappa shape index (κ2) is 13.0. The van der Waals surface area contributed by atoms with Crippen LogP contribution in [-0.4, -0.2) is 79.6 Å². The fraction of sp³-hybridized carbons (Fsp3) is 0.481. The molecule has 40 heavy (non-hydrogen) atoms. The van der Waals surface area contributed by atoms with Crippen molar-refractivity contribution < 1.29 is 41.0 Å². The summed E-state index contributed by atoms with van der Waals surface area (Å²) in [5, 5.41) is 12.2. The molecule has 3 atom stereocenters. The van der Waals surface area contributed by atoms with Crippen LogP contribution in [0.3, 0.4) is 0 Å². The molecule has 220 valence electrons. The lowest BCUT2D eigenvalue weighted by atomic mass is 10.0. The zero-order valence-corrected chi connectivity index (χ0v) is 23.3. The van der Waals surface area contributed by atoms with E-state index in [0.717, 1.165) is 0 Å². The van der Waals surface area contributed by atoms with Crippen molar-refractivity contribution in [3.63, 3.8) is 0 Å². The van der Waals surface area contributed by atoms with E-state index in [2.05, 4.69) is 5.32 Å². The maximum atomic E-state index is 13.3. The van der Waals surface area contributed by atoms with E-state index in [1.165, 1.54) is 46.6 Å². The van der Waals surface area contributed by atoms with E-state index < -0.39 is 47.1 Å². The fourth-order valence-corrected chi connectivity index (χ4v) is 5.53. The Kier molecular flexibility index (Phi) is 10.2. The zero-order chi connectivity index (χ0) is 29.7. The summed E-state index contributed by atoms with van der Waals surface area (Å²) in [5.74, 6) is -1.24. The molecule has 2 N–H and O–H groups in total. The molecule has 2 amide bonds. The first-order valence-corrected chi connectivity index (χ1v) is 14.2. The number of ether oxygens (including phenoxy) is 1. The number of amides is 2. The molecule has 0 radical (unpaired) electrons. The number of benzene rings is 2. The minimum Gasteiger partial charge on any atom is -0.488 e. The second-order valence-corrected chi connectivity index (χ2v) is 12.0. The predicted octanol–water partition coefficient (Wildman–Crippen LogP) is 3.44. The molecule has 1 aliphatic rings. The lowest BCUT2D eigenvalue weighted by Crippen LogP contribution is -2.48. The highest BCUT2D eigenvalue weighted by molar-refractivity contribution is 7.89. The average molecular weight is 586 g/mol. The molecule has 0 bridgehead atoms. The van der Waals surface area contributed by atoms with Crippen LogP contribution < -0.4 is 10.1 Å². The summed E-state index contributed by atoms with van der Waals surface area (Å²) < 4.78 is 71.3. The number of carbonyl (C=O) groups excluding carboxylic acids is 2. The van der Waals surface area contributed by atoms with Crippen LogP contribution in [0.4, 0.5) is 18.9 Å². The number of hydrogen-bond acceptors (Lipinski definition) is 6. The molecule has 9 nitrogen and oxygen atoms in total. The van der Waals surface area contributed by atoms with Gasteiger partial charge >= 0.3 is 6.18 Å². The van der Waals surface area contributed by atoms with E-state index in [4.69, 9.17) is 4.74 Å². The summed E-state index contributed by atoms with van der Waals surface area (Å²) in [7, 11) is -2.41. The van der Waals surface area contributed by atoms with Crippen molar-refractivity contribution in [2.75, 3.05) is 32.1 Å². The van der Waals surface area contributed by atoms with Gasteiger partial charge in [0, 0.05) is 37.2 Å². The Morgan fingerprint density at radius 3 is 2.52 bits per heavy atom. The van der Waals surface area contributed by atoms with Gasteiger partial charge in [-0.05, 0) is 37.3 Å². The minimum absolute atomic E-state index is 0.0523. The minimum atomic E-state index is -4.47. The largest absolute Gasteiger partial charge is 0.488 e. The highest BCUT2D eigenvalue weighted by atomic mass is 32.2. The number of likely N-dealkylation sites (N-methyl/N-ethyl adjacent to an activating group) is 1. The number of aliphatic hydroxyl groups is 1. The van der Waals surface area contributed by atoms with Crippen molar-refractivity contribution in [2.45, 2.75) is 56.3 Å². The van der Waals surface area contributed by atoms with Gasteiger partial charge in [-0.25, -0.2) is 8.42 Å². The number of aliphatic hydroxyl groups excluding tert-OH is 1. The van der Waals surface area contributed by atoms with Crippen molar-refractivity contribution in [1.29, 1.82) is 0 Å². The molecule has 2 aromatic rings. The Hall–Kier alpha value is -3.16. The molecule has 0 aliphatic carbocycles. The Balaban J connectivity index is 1.92. The van der Waals surface area contributed by atoms with Crippen LogP contribution in [0, 0.1) is 5.92 Å². The van der Waals surface area contributed by atoms with E-state index >= 15 is 0 Å². The van der Waals surface area contributed by atoms with Crippen molar-refractivity contribution in [3.8, 4) is 5.75 Å². The molecule has 3 rings (SSSR count). The van der Waals surface area contributed by atoms with E-state index in [1.807, 2.05) is 6.92 Å². The maximum Gasteiger partial charge on any atom is 0.389 e. The number of anilines is 1. The Morgan fingerprint density at radius 1 is 1.23 bits per heavy atom. The Bertz CT molecular complexity index is 1290. The smallest absolute Gasteiger partial charge is 0.389 e. The van der Waals surface area contributed by atoms with E-state index in [9.17, 15) is 36.3 Å². The SMILES string of the molecule is C[C@H](CO)N1C[C@H](C)[C@@H](CN(C)S(=O)(=O)c2ccccc2)Oc2ccc(NC(=O)CCC(F)(F)F)cc2CC1=O. The summed E-state index contributed by atoms with van der Waals surface area (Å²) in [4.78, 5) is 27.0. The summed E-state index contributed by atoms with van der Waals surface area (Å²) in [6.45, 7) is 3.33. The first-order valence-electron chi connectivity index (χ1n) is 12.8. The molecular weight excluding hydrogens is 551 g/mol. The van der Waals surface area contributed by atoms with Crippen molar-refractivity contribution >= 4 is 27.5 Å². The van der Waals surface area contributed by atoms with E-state index in [1.54, 1.807) is 25.1 Å². The maximum absolute atomic E-state index is 13.3. The van der Waals surface area contributed by atoms with Crippen molar-refractivity contribution in [3.05, 3.63) is 54.1 Å². The highest BCUT2D eigenvalue weighted by Gasteiger charge is 2.33. The van der Waals surface area contributed by atoms with Gasteiger partial charge in [0.15, 0.2) is 0 Å². The molecule has 0 saturated heterocycles. The first kappa shape index (κ1) is 31.4. The molecule has 0 saturated carbocycles. The number of rotatable bonds is 9. The van der Waals surface area contributed by atoms with Crippen LogP contribution >= 0.6 is 0 Å². The highest BCUT2D eigenvalue weighted by Crippen LogP contribution is 2.30.